The summed E-state index contributed by atoms with van der Waals surface area (Å²) in [6, 6.07) is 6.22. The highest BCUT2D eigenvalue weighted by atomic mass is 35.5. The molecule has 4 unspecified atom stereocenters. The number of halogens is 1. The summed E-state index contributed by atoms with van der Waals surface area (Å²) in [7, 11) is 0. The van der Waals surface area contributed by atoms with Crippen LogP contribution in [0.4, 0.5) is 0 Å². The SMILES string of the molecule is CC1COc2ccc(C(Cl)C3CC4CC4C3)cc2OC1. The quantitative estimate of drug-likeness (QED) is 0.751. The molecule has 2 aliphatic carbocycles. The van der Waals surface area contributed by atoms with Crippen molar-refractivity contribution in [2.75, 3.05) is 13.2 Å². The summed E-state index contributed by atoms with van der Waals surface area (Å²) >= 11 is 6.71. The number of benzene rings is 1. The average Bonchev–Trinajstić information content (AvgIpc) is 3.13. The molecule has 0 N–H and O–H groups in total. The number of ether oxygens (including phenoxy) is 2. The van der Waals surface area contributed by atoms with Crippen LogP contribution in [-0.2, 0) is 0 Å². The highest BCUT2D eigenvalue weighted by Gasteiger charge is 2.47. The van der Waals surface area contributed by atoms with Crippen LogP contribution in [0.15, 0.2) is 18.2 Å². The lowest BCUT2D eigenvalue weighted by Gasteiger charge is -2.20. The Labute approximate surface area is 125 Å². The molecule has 0 bridgehead atoms. The molecule has 0 amide bonds. The van der Waals surface area contributed by atoms with Gasteiger partial charge in [-0.1, -0.05) is 13.0 Å². The van der Waals surface area contributed by atoms with Gasteiger partial charge in [-0.25, -0.2) is 0 Å². The molecule has 1 heterocycles. The summed E-state index contributed by atoms with van der Waals surface area (Å²) in [6.07, 6.45) is 4.06. The average molecular weight is 293 g/mol. The zero-order chi connectivity index (χ0) is 13.7. The lowest BCUT2D eigenvalue weighted by molar-refractivity contribution is 0.228. The maximum absolute atomic E-state index is 6.71. The van der Waals surface area contributed by atoms with E-state index >= 15 is 0 Å². The predicted octanol–water partition coefficient (Wildman–Crippen LogP) is 4.42. The van der Waals surface area contributed by atoms with Gasteiger partial charge in [0.05, 0.1) is 18.6 Å². The van der Waals surface area contributed by atoms with Crippen molar-refractivity contribution in [3.63, 3.8) is 0 Å². The van der Waals surface area contributed by atoms with E-state index in [9.17, 15) is 0 Å². The zero-order valence-electron chi connectivity index (χ0n) is 11.8. The van der Waals surface area contributed by atoms with Crippen molar-refractivity contribution in [1.82, 2.24) is 0 Å². The van der Waals surface area contributed by atoms with Gasteiger partial charge in [0, 0.05) is 5.92 Å². The fourth-order valence-corrected chi connectivity index (χ4v) is 4.05. The third-order valence-corrected chi connectivity index (χ3v) is 5.64. The Hall–Kier alpha value is -0.890. The lowest BCUT2D eigenvalue weighted by atomic mass is 9.94. The minimum Gasteiger partial charge on any atom is -0.489 e. The molecule has 0 aromatic heterocycles. The summed E-state index contributed by atoms with van der Waals surface area (Å²) < 4.78 is 11.6. The van der Waals surface area contributed by atoms with Crippen LogP contribution in [-0.4, -0.2) is 13.2 Å². The predicted molar refractivity (Wildman–Crippen MR) is 79.5 cm³/mol. The van der Waals surface area contributed by atoms with E-state index in [1.54, 1.807) is 0 Å². The Morgan fingerprint density at radius 1 is 1.05 bits per heavy atom. The van der Waals surface area contributed by atoms with Crippen LogP contribution >= 0.6 is 11.6 Å². The second-order valence-electron chi connectivity index (χ2n) is 6.82. The normalized spacial score (nSPS) is 36.1. The molecule has 3 aliphatic rings. The molecular weight excluding hydrogens is 272 g/mol. The van der Waals surface area contributed by atoms with E-state index in [2.05, 4.69) is 19.1 Å². The van der Waals surface area contributed by atoms with E-state index in [4.69, 9.17) is 21.1 Å². The van der Waals surface area contributed by atoms with Crippen LogP contribution in [0.3, 0.4) is 0 Å². The van der Waals surface area contributed by atoms with E-state index in [1.165, 1.54) is 24.8 Å². The molecule has 0 spiro atoms. The Morgan fingerprint density at radius 3 is 2.50 bits per heavy atom. The van der Waals surface area contributed by atoms with Gasteiger partial charge >= 0.3 is 0 Å². The third-order valence-electron chi connectivity index (χ3n) is 5.03. The van der Waals surface area contributed by atoms with Gasteiger partial charge in [-0.3, -0.25) is 0 Å². The first-order valence-electron chi connectivity index (χ1n) is 7.74. The van der Waals surface area contributed by atoms with Crippen molar-refractivity contribution in [2.24, 2.45) is 23.7 Å². The minimum atomic E-state index is 0.123. The third kappa shape index (κ3) is 2.28. The Kier molecular flexibility index (Phi) is 3.10. The maximum atomic E-state index is 6.71. The van der Waals surface area contributed by atoms with Crippen LogP contribution in [0.5, 0.6) is 11.5 Å². The summed E-state index contributed by atoms with van der Waals surface area (Å²) in [5, 5.41) is 0.123. The molecule has 1 aromatic carbocycles. The molecule has 2 saturated carbocycles. The van der Waals surface area contributed by atoms with Crippen LogP contribution in [0.2, 0.25) is 0 Å². The second kappa shape index (κ2) is 4.84. The van der Waals surface area contributed by atoms with E-state index in [-0.39, 0.29) is 5.38 Å². The van der Waals surface area contributed by atoms with Crippen LogP contribution in [0.25, 0.3) is 0 Å². The highest BCUT2D eigenvalue weighted by Crippen LogP contribution is 2.58. The van der Waals surface area contributed by atoms with Gasteiger partial charge in [-0.05, 0) is 54.7 Å². The molecule has 0 radical (unpaired) electrons. The smallest absolute Gasteiger partial charge is 0.161 e. The minimum absolute atomic E-state index is 0.123. The van der Waals surface area contributed by atoms with Crippen molar-refractivity contribution in [1.29, 1.82) is 0 Å². The molecule has 0 saturated heterocycles. The number of rotatable bonds is 2. The van der Waals surface area contributed by atoms with Crippen molar-refractivity contribution in [2.45, 2.75) is 31.6 Å². The summed E-state index contributed by atoms with van der Waals surface area (Å²) in [6.45, 7) is 3.58. The molecule has 1 aliphatic heterocycles. The fraction of sp³-hybridized carbons (Fsp3) is 0.647. The first-order valence-corrected chi connectivity index (χ1v) is 8.18. The van der Waals surface area contributed by atoms with Crippen molar-refractivity contribution in [3.05, 3.63) is 23.8 Å². The van der Waals surface area contributed by atoms with E-state index in [1.807, 2.05) is 6.07 Å². The summed E-state index contributed by atoms with van der Waals surface area (Å²) in [4.78, 5) is 0. The highest BCUT2D eigenvalue weighted by molar-refractivity contribution is 6.21. The monoisotopic (exact) mass is 292 g/mol. The topological polar surface area (TPSA) is 18.5 Å². The van der Waals surface area contributed by atoms with E-state index in [0.717, 1.165) is 36.5 Å². The van der Waals surface area contributed by atoms with E-state index < -0.39 is 0 Å². The second-order valence-corrected chi connectivity index (χ2v) is 7.29. The molecule has 108 valence electrons. The van der Waals surface area contributed by atoms with Crippen LogP contribution in [0, 0.1) is 23.7 Å². The first-order chi connectivity index (χ1) is 9.70. The molecule has 20 heavy (non-hydrogen) atoms. The summed E-state index contributed by atoms with van der Waals surface area (Å²) in [5.41, 5.74) is 1.19. The van der Waals surface area contributed by atoms with Gasteiger partial charge in [-0.15, -0.1) is 11.6 Å². The van der Waals surface area contributed by atoms with Gasteiger partial charge < -0.3 is 9.47 Å². The fourth-order valence-electron chi connectivity index (χ4n) is 3.71. The molecule has 2 fully saturated rings. The van der Waals surface area contributed by atoms with E-state index in [0.29, 0.717) is 11.8 Å². The Morgan fingerprint density at radius 2 is 1.75 bits per heavy atom. The lowest BCUT2D eigenvalue weighted by Crippen LogP contribution is -2.12. The molecular formula is C17H21ClO2. The summed E-state index contributed by atoms with van der Waals surface area (Å²) in [5.74, 6) is 4.74. The molecule has 2 nitrogen and oxygen atoms in total. The van der Waals surface area contributed by atoms with Gasteiger partial charge in [0.25, 0.3) is 0 Å². The number of hydrogen-bond donors (Lipinski definition) is 0. The van der Waals surface area contributed by atoms with Gasteiger partial charge in [-0.2, -0.15) is 0 Å². The zero-order valence-corrected chi connectivity index (χ0v) is 12.6. The van der Waals surface area contributed by atoms with Gasteiger partial charge in [0.2, 0.25) is 0 Å². The standard InChI is InChI=1S/C17H21ClO2/c1-10-8-19-15-3-2-11(7-16(15)20-9-10)17(18)14-5-12-4-13(12)6-14/h2-3,7,10,12-14,17H,4-6,8-9H2,1H3. The molecule has 4 rings (SSSR count). The Balaban J connectivity index is 1.54. The largest absolute Gasteiger partial charge is 0.489 e. The van der Waals surface area contributed by atoms with Crippen molar-refractivity contribution in [3.8, 4) is 11.5 Å². The maximum Gasteiger partial charge on any atom is 0.161 e. The Bertz CT molecular complexity index is 506. The number of alkyl halides is 1. The van der Waals surface area contributed by atoms with Crippen molar-refractivity contribution < 1.29 is 9.47 Å². The first kappa shape index (κ1) is 12.8. The van der Waals surface area contributed by atoms with Gasteiger partial charge in [0.1, 0.15) is 0 Å². The molecule has 3 heteroatoms. The number of hydrogen-bond acceptors (Lipinski definition) is 2. The molecule has 4 atom stereocenters. The van der Waals surface area contributed by atoms with Crippen LogP contribution < -0.4 is 9.47 Å². The van der Waals surface area contributed by atoms with Crippen molar-refractivity contribution >= 4 is 11.6 Å². The van der Waals surface area contributed by atoms with Gasteiger partial charge in [0.15, 0.2) is 11.5 Å². The van der Waals surface area contributed by atoms with Crippen LogP contribution in [0.1, 0.15) is 37.1 Å². The molecule has 1 aromatic rings. The number of fused-ring (bicyclic) bond motifs is 2.